The summed E-state index contributed by atoms with van der Waals surface area (Å²) in [6.45, 7) is 0. The molecular formula is C15H13F2NO. The monoisotopic (exact) mass is 261 g/mol. The first-order valence-corrected chi connectivity index (χ1v) is 5.86. The van der Waals surface area contributed by atoms with E-state index >= 15 is 0 Å². The smallest absolute Gasteiger partial charge is 0.167 e. The van der Waals surface area contributed by atoms with E-state index in [2.05, 4.69) is 0 Å². The van der Waals surface area contributed by atoms with Gasteiger partial charge in [0.2, 0.25) is 0 Å². The second-order valence-corrected chi connectivity index (χ2v) is 4.27. The number of carbonyl (C=O) groups is 1. The molecule has 0 radical (unpaired) electrons. The zero-order valence-electron chi connectivity index (χ0n) is 10.1. The van der Waals surface area contributed by atoms with E-state index in [9.17, 15) is 13.6 Å². The van der Waals surface area contributed by atoms with E-state index in [0.29, 0.717) is 0 Å². The lowest BCUT2D eigenvalue weighted by atomic mass is 9.98. The molecule has 2 aromatic rings. The molecule has 0 spiro atoms. The number of ketones is 1. The first kappa shape index (κ1) is 13.4. The van der Waals surface area contributed by atoms with Crippen molar-refractivity contribution in [3.63, 3.8) is 0 Å². The van der Waals surface area contributed by atoms with Crippen LogP contribution < -0.4 is 5.73 Å². The first-order valence-electron chi connectivity index (χ1n) is 5.86. The summed E-state index contributed by atoms with van der Waals surface area (Å²) >= 11 is 0. The van der Waals surface area contributed by atoms with Crippen LogP contribution >= 0.6 is 0 Å². The van der Waals surface area contributed by atoms with Crippen molar-refractivity contribution in [1.82, 2.24) is 0 Å². The molecule has 2 nitrogen and oxygen atoms in total. The topological polar surface area (TPSA) is 43.1 Å². The summed E-state index contributed by atoms with van der Waals surface area (Å²) in [5.41, 5.74) is 6.41. The lowest BCUT2D eigenvalue weighted by molar-refractivity contribution is 0.0970. The molecule has 98 valence electrons. The molecule has 0 bridgehead atoms. The third kappa shape index (κ3) is 3.23. The number of hydrogen-bond acceptors (Lipinski definition) is 2. The Morgan fingerprint density at radius 2 is 1.79 bits per heavy atom. The summed E-state index contributed by atoms with van der Waals surface area (Å²) in [5, 5.41) is 0. The average molecular weight is 261 g/mol. The van der Waals surface area contributed by atoms with Crippen LogP contribution in [-0.2, 0) is 0 Å². The third-order valence-corrected chi connectivity index (χ3v) is 2.86. The van der Waals surface area contributed by atoms with Crippen molar-refractivity contribution in [3.05, 3.63) is 71.3 Å². The van der Waals surface area contributed by atoms with Gasteiger partial charge in [0, 0.05) is 12.5 Å². The van der Waals surface area contributed by atoms with Gasteiger partial charge >= 0.3 is 0 Å². The highest BCUT2D eigenvalue weighted by atomic mass is 19.1. The first-order chi connectivity index (χ1) is 9.08. The lowest BCUT2D eigenvalue weighted by Gasteiger charge is -2.11. The maximum Gasteiger partial charge on any atom is 0.167 e. The van der Waals surface area contributed by atoms with Gasteiger partial charge in [0.05, 0.1) is 5.56 Å². The van der Waals surface area contributed by atoms with Crippen LogP contribution in [0.5, 0.6) is 0 Å². The van der Waals surface area contributed by atoms with Gasteiger partial charge in [0.25, 0.3) is 0 Å². The average Bonchev–Trinajstić information content (AvgIpc) is 2.42. The van der Waals surface area contributed by atoms with Crippen LogP contribution in [0.2, 0.25) is 0 Å². The van der Waals surface area contributed by atoms with Crippen molar-refractivity contribution >= 4 is 5.78 Å². The summed E-state index contributed by atoms with van der Waals surface area (Å²) in [4.78, 5) is 11.9. The molecule has 2 aromatic carbocycles. The number of carbonyl (C=O) groups excluding carboxylic acids is 1. The Bertz CT molecular complexity index is 584. The van der Waals surface area contributed by atoms with Crippen LogP contribution in [0.25, 0.3) is 0 Å². The van der Waals surface area contributed by atoms with Gasteiger partial charge in [0.1, 0.15) is 11.6 Å². The van der Waals surface area contributed by atoms with E-state index in [-0.39, 0.29) is 12.0 Å². The second-order valence-electron chi connectivity index (χ2n) is 4.27. The summed E-state index contributed by atoms with van der Waals surface area (Å²) in [6, 6.07) is 11.3. The van der Waals surface area contributed by atoms with E-state index in [1.807, 2.05) is 18.2 Å². The SMILES string of the molecule is NC(CC(=O)c1cc(F)ccc1F)c1ccccc1. The Labute approximate surface area is 109 Å². The summed E-state index contributed by atoms with van der Waals surface area (Å²) in [7, 11) is 0. The largest absolute Gasteiger partial charge is 0.324 e. The molecule has 0 aliphatic rings. The normalized spacial score (nSPS) is 12.2. The zero-order valence-corrected chi connectivity index (χ0v) is 10.1. The van der Waals surface area contributed by atoms with Gasteiger partial charge in [-0.05, 0) is 23.8 Å². The van der Waals surface area contributed by atoms with Gasteiger partial charge in [-0.3, -0.25) is 4.79 Å². The Morgan fingerprint density at radius 1 is 1.11 bits per heavy atom. The van der Waals surface area contributed by atoms with E-state index in [1.165, 1.54) is 0 Å². The molecule has 0 saturated heterocycles. The van der Waals surface area contributed by atoms with E-state index in [0.717, 1.165) is 23.8 Å². The number of hydrogen-bond donors (Lipinski definition) is 1. The van der Waals surface area contributed by atoms with Crippen molar-refractivity contribution in [3.8, 4) is 0 Å². The molecular weight excluding hydrogens is 248 g/mol. The highest BCUT2D eigenvalue weighted by Gasteiger charge is 2.17. The summed E-state index contributed by atoms with van der Waals surface area (Å²) in [5.74, 6) is -1.88. The van der Waals surface area contributed by atoms with Crippen LogP contribution in [0.3, 0.4) is 0 Å². The minimum absolute atomic E-state index is 0.0651. The van der Waals surface area contributed by atoms with Crippen molar-refractivity contribution in [2.75, 3.05) is 0 Å². The molecule has 1 unspecified atom stereocenters. The van der Waals surface area contributed by atoms with Crippen LogP contribution in [-0.4, -0.2) is 5.78 Å². The molecule has 1 atom stereocenters. The van der Waals surface area contributed by atoms with Crippen molar-refractivity contribution in [1.29, 1.82) is 0 Å². The Morgan fingerprint density at radius 3 is 2.47 bits per heavy atom. The molecule has 0 amide bonds. The highest BCUT2D eigenvalue weighted by Crippen LogP contribution is 2.18. The number of benzene rings is 2. The minimum Gasteiger partial charge on any atom is -0.324 e. The predicted molar refractivity (Wildman–Crippen MR) is 68.7 cm³/mol. The maximum absolute atomic E-state index is 13.4. The Hall–Kier alpha value is -2.07. The number of rotatable bonds is 4. The Balaban J connectivity index is 2.15. The molecule has 4 heteroatoms. The third-order valence-electron chi connectivity index (χ3n) is 2.86. The lowest BCUT2D eigenvalue weighted by Crippen LogP contribution is -2.16. The maximum atomic E-state index is 13.4. The van der Waals surface area contributed by atoms with E-state index in [4.69, 9.17) is 5.73 Å². The molecule has 2 N–H and O–H groups in total. The van der Waals surface area contributed by atoms with E-state index in [1.54, 1.807) is 12.1 Å². The van der Waals surface area contributed by atoms with Gasteiger partial charge in [-0.15, -0.1) is 0 Å². The molecule has 2 rings (SSSR count). The van der Waals surface area contributed by atoms with Crippen molar-refractivity contribution < 1.29 is 13.6 Å². The fourth-order valence-corrected chi connectivity index (χ4v) is 1.84. The van der Waals surface area contributed by atoms with Gasteiger partial charge in [-0.2, -0.15) is 0 Å². The Kier molecular flexibility index (Phi) is 4.02. The number of Topliss-reactive ketones (excluding diaryl/α,β-unsaturated/α-hetero) is 1. The standard InChI is InChI=1S/C15H13F2NO/c16-11-6-7-13(17)12(8-11)15(19)9-14(18)10-4-2-1-3-5-10/h1-8,14H,9,18H2. The van der Waals surface area contributed by atoms with E-state index < -0.39 is 23.5 Å². The molecule has 0 heterocycles. The summed E-state index contributed by atoms with van der Waals surface area (Å²) in [6.07, 6.45) is -0.0651. The quantitative estimate of drug-likeness (QED) is 0.858. The summed E-state index contributed by atoms with van der Waals surface area (Å²) < 4.78 is 26.5. The fraction of sp³-hybridized carbons (Fsp3) is 0.133. The van der Waals surface area contributed by atoms with Crippen LogP contribution in [0, 0.1) is 11.6 Å². The number of nitrogens with two attached hydrogens (primary N) is 1. The van der Waals surface area contributed by atoms with Gasteiger partial charge in [-0.25, -0.2) is 8.78 Å². The van der Waals surface area contributed by atoms with Crippen LogP contribution in [0.1, 0.15) is 28.4 Å². The van der Waals surface area contributed by atoms with Crippen LogP contribution in [0.15, 0.2) is 48.5 Å². The van der Waals surface area contributed by atoms with Crippen LogP contribution in [0.4, 0.5) is 8.78 Å². The van der Waals surface area contributed by atoms with Gasteiger partial charge in [0.15, 0.2) is 5.78 Å². The zero-order chi connectivity index (χ0) is 13.8. The molecule has 0 aromatic heterocycles. The van der Waals surface area contributed by atoms with Crippen molar-refractivity contribution in [2.45, 2.75) is 12.5 Å². The molecule has 0 saturated carbocycles. The second kappa shape index (κ2) is 5.71. The van der Waals surface area contributed by atoms with Crippen molar-refractivity contribution in [2.24, 2.45) is 5.73 Å². The minimum atomic E-state index is -0.730. The fourth-order valence-electron chi connectivity index (χ4n) is 1.84. The highest BCUT2D eigenvalue weighted by molar-refractivity contribution is 5.96. The molecule has 0 aliphatic heterocycles. The van der Waals surface area contributed by atoms with Gasteiger partial charge < -0.3 is 5.73 Å². The molecule has 0 fully saturated rings. The molecule has 19 heavy (non-hydrogen) atoms. The number of halogens is 2. The predicted octanol–water partition coefficient (Wildman–Crippen LogP) is 3.24. The van der Waals surface area contributed by atoms with Gasteiger partial charge in [-0.1, -0.05) is 30.3 Å². The molecule has 0 aliphatic carbocycles.